The number of nitrogens with zero attached hydrogens (tertiary/aromatic N) is 2. The predicted octanol–water partition coefficient (Wildman–Crippen LogP) is 2.79. The van der Waals surface area contributed by atoms with Crippen molar-refractivity contribution in [2.45, 2.75) is 32.2 Å². The van der Waals surface area contributed by atoms with Gasteiger partial charge in [0.2, 0.25) is 0 Å². The van der Waals surface area contributed by atoms with Crippen LogP contribution in [0, 0.1) is 0 Å². The van der Waals surface area contributed by atoms with Gasteiger partial charge in [-0.2, -0.15) is 0 Å². The fourth-order valence-corrected chi connectivity index (χ4v) is 2.83. The molecule has 0 aliphatic carbocycles. The van der Waals surface area contributed by atoms with E-state index in [1.54, 1.807) is 17.7 Å². The molecule has 0 aliphatic rings. The smallest absolute Gasteiger partial charge is 0.126 e. The summed E-state index contributed by atoms with van der Waals surface area (Å²) in [7, 11) is 2.00. The lowest BCUT2D eigenvalue weighted by molar-refractivity contribution is 0.477. The standard InChI is InChI=1S/C12H17N3S/c1-4-9(8(2)13-3)11-10-5-6-16-12(10)15-7-14-11/h5-9,13H,4H2,1-3H3. The van der Waals surface area contributed by atoms with Crippen LogP contribution >= 0.6 is 11.3 Å². The number of fused-ring (bicyclic) bond motifs is 1. The van der Waals surface area contributed by atoms with Gasteiger partial charge in [-0.25, -0.2) is 9.97 Å². The van der Waals surface area contributed by atoms with Crippen molar-refractivity contribution in [1.82, 2.24) is 15.3 Å². The van der Waals surface area contributed by atoms with E-state index >= 15 is 0 Å². The van der Waals surface area contributed by atoms with Gasteiger partial charge in [-0.05, 0) is 31.8 Å². The second-order valence-electron chi connectivity index (χ2n) is 3.99. The Balaban J connectivity index is 2.48. The molecule has 2 rings (SSSR count). The molecule has 0 fully saturated rings. The van der Waals surface area contributed by atoms with E-state index in [0.717, 1.165) is 11.3 Å². The summed E-state index contributed by atoms with van der Waals surface area (Å²) in [5, 5.41) is 6.61. The molecule has 2 unspecified atom stereocenters. The maximum Gasteiger partial charge on any atom is 0.126 e. The van der Waals surface area contributed by atoms with Gasteiger partial charge in [-0.1, -0.05) is 6.92 Å². The molecule has 16 heavy (non-hydrogen) atoms. The van der Waals surface area contributed by atoms with Crippen LogP contribution in [-0.4, -0.2) is 23.1 Å². The lowest BCUT2D eigenvalue weighted by Gasteiger charge is -2.22. The lowest BCUT2D eigenvalue weighted by atomic mass is 9.93. The molecule has 2 aromatic heterocycles. The fraction of sp³-hybridized carbons (Fsp3) is 0.500. The van der Waals surface area contributed by atoms with Gasteiger partial charge in [-0.15, -0.1) is 11.3 Å². The maximum absolute atomic E-state index is 4.47. The SMILES string of the molecule is CCC(c1ncnc2sccc12)C(C)NC. The summed E-state index contributed by atoms with van der Waals surface area (Å²) in [6, 6.07) is 2.56. The molecule has 4 heteroatoms. The largest absolute Gasteiger partial charge is 0.317 e. The molecule has 0 spiro atoms. The summed E-state index contributed by atoms with van der Waals surface area (Å²) >= 11 is 1.68. The number of rotatable bonds is 4. The van der Waals surface area contributed by atoms with Crippen LogP contribution in [0.5, 0.6) is 0 Å². The van der Waals surface area contributed by atoms with Gasteiger partial charge in [0.25, 0.3) is 0 Å². The number of thiophene rings is 1. The first-order valence-electron chi connectivity index (χ1n) is 5.63. The third kappa shape index (κ3) is 1.95. The van der Waals surface area contributed by atoms with Crippen molar-refractivity contribution in [3.8, 4) is 0 Å². The highest BCUT2D eigenvalue weighted by atomic mass is 32.1. The second kappa shape index (κ2) is 4.89. The molecular formula is C12H17N3S. The van der Waals surface area contributed by atoms with E-state index < -0.39 is 0 Å². The molecule has 0 saturated heterocycles. The van der Waals surface area contributed by atoms with E-state index in [-0.39, 0.29) is 0 Å². The van der Waals surface area contributed by atoms with E-state index in [2.05, 4.69) is 40.6 Å². The first-order valence-corrected chi connectivity index (χ1v) is 6.51. The molecule has 0 aliphatic heterocycles. The predicted molar refractivity (Wildman–Crippen MR) is 69.0 cm³/mol. The minimum Gasteiger partial charge on any atom is -0.317 e. The van der Waals surface area contributed by atoms with Gasteiger partial charge in [0, 0.05) is 17.3 Å². The number of hydrogen-bond acceptors (Lipinski definition) is 4. The minimum absolute atomic E-state index is 0.433. The molecule has 86 valence electrons. The monoisotopic (exact) mass is 235 g/mol. The summed E-state index contributed by atoms with van der Waals surface area (Å²) in [5.41, 5.74) is 1.18. The lowest BCUT2D eigenvalue weighted by Crippen LogP contribution is -2.29. The molecule has 0 aromatic carbocycles. The molecule has 1 N–H and O–H groups in total. The topological polar surface area (TPSA) is 37.8 Å². The number of hydrogen-bond donors (Lipinski definition) is 1. The van der Waals surface area contributed by atoms with Crippen LogP contribution in [0.25, 0.3) is 10.2 Å². The molecule has 3 nitrogen and oxygen atoms in total. The number of nitrogens with one attached hydrogen (secondary N) is 1. The van der Waals surface area contributed by atoms with E-state index in [1.165, 1.54) is 11.1 Å². The Bertz CT molecular complexity index is 466. The van der Waals surface area contributed by atoms with Crippen molar-refractivity contribution in [3.63, 3.8) is 0 Å². The highest BCUT2D eigenvalue weighted by molar-refractivity contribution is 7.16. The van der Waals surface area contributed by atoms with Crippen molar-refractivity contribution < 1.29 is 0 Å². The van der Waals surface area contributed by atoms with E-state index in [0.29, 0.717) is 12.0 Å². The second-order valence-corrected chi connectivity index (χ2v) is 4.88. The van der Waals surface area contributed by atoms with Crippen LogP contribution in [0.1, 0.15) is 31.9 Å². The van der Waals surface area contributed by atoms with Crippen LogP contribution in [0.4, 0.5) is 0 Å². The Kier molecular flexibility index (Phi) is 3.51. The zero-order chi connectivity index (χ0) is 11.5. The van der Waals surface area contributed by atoms with Gasteiger partial charge in [0.05, 0.1) is 5.69 Å². The Hall–Kier alpha value is -1.00. The molecule has 2 atom stereocenters. The maximum atomic E-state index is 4.47. The van der Waals surface area contributed by atoms with Crippen molar-refractivity contribution in [2.75, 3.05) is 7.05 Å². The zero-order valence-electron chi connectivity index (χ0n) is 9.90. The normalized spacial score (nSPS) is 15.2. The van der Waals surface area contributed by atoms with Crippen LogP contribution < -0.4 is 5.32 Å². The summed E-state index contributed by atoms with van der Waals surface area (Å²) in [5.74, 6) is 0.449. The Labute approximate surface area is 99.9 Å². The fourth-order valence-electron chi connectivity index (χ4n) is 2.09. The zero-order valence-corrected chi connectivity index (χ0v) is 10.7. The molecule has 0 amide bonds. The molecule has 2 aromatic rings. The van der Waals surface area contributed by atoms with E-state index in [4.69, 9.17) is 0 Å². The van der Waals surface area contributed by atoms with Gasteiger partial charge in [0.1, 0.15) is 11.2 Å². The van der Waals surface area contributed by atoms with Crippen LogP contribution in [0.3, 0.4) is 0 Å². The highest BCUT2D eigenvalue weighted by Crippen LogP contribution is 2.29. The number of aromatic nitrogens is 2. The van der Waals surface area contributed by atoms with E-state index in [9.17, 15) is 0 Å². The quantitative estimate of drug-likeness (QED) is 0.885. The van der Waals surface area contributed by atoms with Crippen LogP contribution in [-0.2, 0) is 0 Å². The Morgan fingerprint density at radius 1 is 1.44 bits per heavy atom. The van der Waals surface area contributed by atoms with Crippen molar-refractivity contribution in [2.24, 2.45) is 0 Å². The van der Waals surface area contributed by atoms with Crippen molar-refractivity contribution in [3.05, 3.63) is 23.5 Å². The van der Waals surface area contributed by atoms with Gasteiger partial charge in [0.15, 0.2) is 0 Å². The minimum atomic E-state index is 0.433. The molecular weight excluding hydrogens is 218 g/mol. The first kappa shape index (κ1) is 11.5. The highest BCUT2D eigenvalue weighted by Gasteiger charge is 2.20. The Morgan fingerprint density at radius 3 is 2.94 bits per heavy atom. The summed E-state index contributed by atoms with van der Waals surface area (Å²) in [6.45, 7) is 4.41. The average molecular weight is 235 g/mol. The third-order valence-electron chi connectivity index (χ3n) is 3.14. The van der Waals surface area contributed by atoms with Crippen LogP contribution in [0.15, 0.2) is 17.8 Å². The average Bonchev–Trinajstić information content (AvgIpc) is 2.78. The first-order chi connectivity index (χ1) is 7.77. The molecule has 0 radical (unpaired) electrons. The molecule has 2 heterocycles. The van der Waals surface area contributed by atoms with E-state index in [1.807, 2.05) is 7.05 Å². The van der Waals surface area contributed by atoms with Crippen molar-refractivity contribution >= 4 is 21.6 Å². The van der Waals surface area contributed by atoms with Gasteiger partial charge in [-0.3, -0.25) is 0 Å². The molecule has 0 bridgehead atoms. The Morgan fingerprint density at radius 2 is 2.25 bits per heavy atom. The van der Waals surface area contributed by atoms with Gasteiger partial charge >= 0.3 is 0 Å². The number of likely N-dealkylation sites (N-methyl/N-ethyl adjacent to an activating group) is 1. The van der Waals surface area contributed by atoms with Crippen molar-refractivity contribution in [1.29, 1.82) is 0 Å². The third-order valence-corrected chi connectivity index (χ3v) is 3.96. The summed E-state index contributed by atoms with van der Waals surface area (Å²) in [4.78, 5) is 9.86. The summed E-state index contributed by atoms with van der Waals surface area (Å²) < 4.78 is 0. The van der Waals surface area contributed by atoms with Gasteiger partial charge < -0.3 is 5.32 Å². The van der Waals surface area contributed by atoms with Crippen LogP contribution in [0.2, 0.25) is 0 Å². The molecule has 0 saturated carbocycles. The summed E-state index contributed by atoms with van der Waals surface area (Å²) in [6.07, 6.45) is 2.77.